The van der Waals surface area contributed by atoms with Crippen molar-refractivity contribution in [3.8, 4) is 0 Å². The molecule has 3 aromatic rings. The second-order valence-electron chi connectivity index (χ2n) is 8.64. The third kappa shape index (κ3) is 4.80. The number of aryl methyl sites for hydroxylation is 1. The number of hydrogen-bond donors (Lipinski definition) is 2. The molecule has 1 aliphatic heterocycles. The Labute approximate surface area is 219 Å². The molecule has 2 amide bonds. The lowest BCUT2D eigenvalue weighted by Gasteiger charge is -2.42. The summed E-state index contributed by atoms with van der Waals surface area (Å²) in [5.41, 5.74) is 1.23. The third-order valence-electron chi connectivity index (χ3n) is 6.42. The molecule has 1 fully saturated rings. The fourth-order valence-corrected chi connectivity index (χ4v) is 6.10. The van der Waals surface area contributed by atoms with Crippen LogP contribution in [0.3, 0.4) is 0 Å². The Kier molecular flexibility index (Phi) is 7.03. The zero-order valence-corrected chi connectivity index (χ0v) is 21.8. The molecule has 0 atom stereocenters. The zero-order chi connectivity index (χ0) is 26.3. The zero-order valence-electron chi connectivity index (χ0n) is 19.5. The van der Waals surface area contributed by atoms with Gasteiger partial charge in [0, 0.05) is 38.0 Å². The minimum atomic E-state index is -4.00. The molecule has 2 N–H and O–H groups in total. The maximum Gasteiger partial charge on any atom is 0.303 e. The van der Waals surface area contributed by atoms with E-state index in [9.17, 15) is 18.0 Å². The minimum absolute atomic E-state index is 0.0572. The molecule has 0 aliphatic carbocycles. The van der Waals surface area contributed by atoms with Gasteiger partial charge in [0.15, 0.2) is 5.69 Å². The number of nitrogens with zero attached hydrogens (tertiary/aromatic N) is 3. The summed E-state index contributed by atoms with van der Waals surface area (Å²) < 4.78 is 29.9. The molecule has 0 radical (unpaired) electrons. The summed E-state index contributed by atoms with van der Waals surface area (Å²) >= 11 is 12.5. The molecule has 1 aliphatic rings. The van der Waals surface area contributed by atoms with E-state index in [-0.39, 0.29) is 31.8 Å². The molecule has 0 bridgehead atoms. The molecule has 1 aromatic heterocycles. The van der Waals surface area contributed by atoms with Gasteiger partial charge in [0.1, 0.15) is 5.69 Å². The van der Waals surface area contributed by atoms with Crippen LogP contribution in [0.5, 0.6) is 0 Å². The highest BCUT2D eigenvalue weighted by atomic mass is 35.5. The van der Waals surface area contributed by atoms with Crippen LogP contribution in [0.4, 0.5) is 5.69 Å². The van der Waals surface area contributed by atoms with E-state index in [0.29, 0.717) is 32.4 Å². The van der Waals surface area contributed by atoms with Gasteiger partial charge in [-0.05, 0) is 36.6 Å². The van der Waals surface area contributed by atoms with Crippen molar-refractivity contribution >= 4 is 61.8 Å². The van der Waals surface area contributed by atoms with Gasteiger partial charge < -0.3 is 9.88 Å². The summed E-state index contributed by atoms with van der Waals surface area (Å²) in [4.78, 5) is 28.4. The smallest absolute Gasteiger partial charge is 0.303 e. The van der Waals surface area contributed by atoms with Crippen LogP contribution in [-0.4, -0.2) is 42.2 Å². The molecule has 36 heavy (non-hydrogen) atoms. The summed E-state index contributed by atoms with van der Waals surface area (Å²) in [7, 11) is -2.25. The largest absolute Gasteiger partial charge is 0.341 e. The SMILES string of the molecule is [C-]#[N+]c1cccc(C2(NC(=O)c3cc4c(Cl)c(Cl)ccc4n3C)CCN(S(=O)(=O)NC(C)=O)CC2)c1. The highest BCUT2D eigenvalue weighted by Crippen LogP contribution is 2.37. The van der Waals surface area contributed by atoms with E-state index < -0.39 is 21.7 Å². The lowest BCUT2D eigenvalue weighted by atomic mass is 9.81. The van der Waals surface area contributed by atoms with Gasteiger partial charge in [0.2, 0.25) is 5.91 Å². The number of piperidine rings is 1. The molecule has 2 aromatic carbocycles. The number of amides is 2. The second-order valence-corrected chi connectivity index (χ2v) is 11.1. The van der Waals surface area contributed by atoms with Gasteiger partial charge in [-0.1, -0.05) is 47.5 Å². The number of carbonyl (C=O) groups is 2. The van der Waals surface area contributed by atoms with Gasteiger partial charge in [-0.2, -0.15) is 12.7 Å². The molecule has 188 valence electrons. The highest BCUT2D eigenvalue weighted by molar-refractivity contribution is 7.87. The van der Waals surface area contributed by atoms with Gasteiger partial charge in [-0.15, -0.1) is 0 Å². The van der Waals surface area contributed by atoms with Gasteiger partial charge >= 0.3 is 10.2 Å². The number of hydrogen-bond acceptors (Lipinski definition) is 4. The molecule has 0 spiro atoms. The Hall–Kier alpha value is -3.10. The van der Waals surface area contributed by atoms with E-state index in [0.717, 1.165) is 12.4 Å². The summed E-state index contributed by atoms with van der Waals surface area (Å²) in [6, 6.07) is 12.0. The van der Waals surface area contributed by atoms with Crippen LogP contribution in [-0.2, 0) is 27.6 Å². The monoisotopic (exact) mass is 547 g/mol. The van der Waals surface area contributed by atoms with Gasteiger partial charge in [-0.25, -0.2) is 9.57 Å². The Morgan fingerprint density at radius 2 is 1.81 bits per heavy atom. The Balaban J connectivity index is 1.71. The summed E-state index contributed by atoms with van der Waals surface area (Å²) in [6.45, 7) is 8.63. The number of benzene rings is 2. The standard InChI is InChI=1S/C24H23Cl2N5O4S/c1-15(32)29-36(34,35)31-11-9-24(10-12-31,16-5-4-6-17(13-16)27-2)28-23(33)21-14-18-20(30(21)3)8-7-19(25)22(18)26/h4-8,13-14H,9-12H2,1,3H3,(H,28,33)(H,29,32). The van der Waals surface area contributed by atoms with Crippen LogP contribution in [0.15, 0.2) is 42.5 Å². The first-order valence-corrected chi connectivity index (χ1v) is 13.2. The molecule has 4 rings (SSSR count). The van der Waals surface area contributed by atoms with Crippen LogP contribution in [0, 0.1) is 6.57 Å². The maximum absolute atomic E-state index is 13.6. The van der Waals surface area contributed by atoms with E-state index >= 15 is 0 Å². The second kappa shape index (κ2) is 9.75. The molecule has 0 unspecified atom stereocenters. The highest BCUT2D eigenvalue weighted by Gasteiger charge is 2.41. The van der Waals surface area contributed by atoms with Gasteiger partial charge in [0.05, 0.1) is 22.2 Å². The molecule has 9 nitrogen and oxygen atoms in total. The van der Waals surface area contributed by atoms with Crippen molar-refractivity contribution in [2.75, 3.05) is 13.1 Å². The Morgan fingerprint density at radius 1 is 1.11 bits per heavy atom. The maximum atomic E-state index is 13.6. The van der Waals surface area contributed by atoms with Crippen molar-refractivity contribution in [1.82, 2.24) is 18.9 Å². The first kappa shape index (κ1) is 26.0. The Morgan fingerprint density at radius 3 is 2.44 bits per heavy atom. The molecular formula is C24H23Cl2N5O4S. The summed E-state index contributed by atoms with van der Waals surface area (Å²) in [5.74, 6) is -1.06. The predicted molar refractivity (Wildman–Crippen MR) is 138 cm³/mol. The minimum Gasteiger partial charge on any atom is -0.341 e. The van der Waals surface area contributed by atoms with Crippen molar-refractivity contribution < 1.29 is 18.0 Å². The van der Waals surface area contributed by atoms with Crippen molar-refractivity contribution in [3.05, 3.63) is 75.2 Å². The lowest BCUT2D eigenvalue weighted by Crippen LogP contribution is -2.56. The van der Waals surface area contributed by atoms with Crippen LogP contribution in [0.1, 0.15) is 35.8 Å². The van der Waals surface area contributed by atoms with Crippen LogP contribution >= 0.6 is 23.2 Å². The number of nitrogens with one attached hydrogen (secondary N) is 2. The molecular weight excluding hydrogens is 525 g/mol. The van der Waals surface area contributed by atoms with Crippen molar-refractivity contribution in [2.24, 2.45) is 7.05 Å². The summed E-state index contributed by atoms with van der Waals surface area (Å²) in [6.07, 6.45) is 0.463. The quantitative estimate of drug-likeness (QED) is 0.468. The van der Waals surface area contributed by atoms with E-state index in [1.165, 1.54) is 4.31 Å². The topological polar surface area (TPSA) is 105 Å². The van der Waals surface area contributed by atoms with Crippen molar-refractivity contribution in [3.63, 3.8) is 0 Å². The van der Waals surface area contributed by atoms with Crippen molar-refractivity contribution in [2.45, 2.75) is 25.3 Å². The number of carbonyl (C=O) groups excluding carboxylic acids is 2. The fourth-order valence-electron chi connectivity index (χ4n) is 4.56. The lowest BCUT2D eigenvalue weighted by molar-refractivity contribution is -0.117. The number of aromatic nitrogens is 1. The average Bonchev–Trinajstić information content (AvgIpc) is 3.18. The molecule has 1 saturated heterocycles. The molecule has 12 heteroatoms. The summed E-state index contributed by atoms with van der Waals surface area (Å²) in [5, 5.41) is 4.48. The Bertz CT molecular complexity index is 1520. The normalized spacial score (nSPS) is 15.9. The van der Waals surface area contributed by atoms with E-state index in [1.54, 1.807) is 48.0 Å². The first-order valence-electron chi connectivity index (χ1n) is 11.0. The number of fused-ring (bicyclic) bond motifs is 1. The third-order valence-corrected chi connectivity index (χ3v) is 8.82. The van der Waals surface area contributed by atoms with E-state index in [2.05, 4.69) is 10.2 Å². The number of halogens is 2. The molecule has 0 saturated carbocycles. The molecule has 2 heterocycles. The number of rotatable bonds is 5. The van der Waals surface area contributed by atoms with Crippen LogP contribution in [0.25, 0.3) is 15.7 Å². The van der Waals surface area contributed by atoms with Gasteiger partial charge in [0.25, 0.3) is 5.91 Å². The van der Waals surface area contributed by atoms with Crippen LogP contribution in [0.2, 0.25) is 10.0 Å². The average molecular weight is 548 g/mol. The van der Waals surface area contributed by atoms with E-state index in [1.807, 2.05) is 10.8 Å². The predicted octanol–water partition coefficient (Wildman–Crippen LogP) is 4.14. The fraction of sp³-hybridized carbons (Fsp3) is 0.292. The first-order chi connectivity index (χ1) is 17.0. The van der Waals surface area contributed by atoms with Crippen LogP contribution < -0.4 is 10.0 Å². The van der Waals surface area contributed by atoms with Gasteiger partial charge in [-0.3, -0.25) is 9.59 Å². The van der Waals surface area contributed by atoms with Crippen molar-refractivity contribution in [1.29, 1.82) is 0 Å². The van der Waals surface area contributed by atoms with E-state index in [4.69, 9.17) is 29.8 Å².